The third kappa shape index (κ3) is 2.39. The van der Waals surface area contributed by atoms with Crippen LogP contribution in [0.15, 0.2) is 41.1 Å². The first-order valence-electron chi connectivity index (χ1n) is 5.64. The van der Waals surface area contributed by atoms with Crippen molar-refractivity contribution in [3.63, 3.8) is 0 Å². The molecule has 0 fully saturated rings. The molecule has 1 aromatic heterocycles. The van der Waals surface area contributed by atoms with Crippen molar-refractivity contribution in [1.82, 2.24) is 5.16 Å². The van der Waals surface area contributed by atoms with E-state index in [0.29, 0.717) is 6.61 Å². The predicted molar refractivity (Wildman–Crippen MR) is 66.8 cm³/mol. The molecule has 3 nitrogen and oxygen atoms in total. The zero-order chi connectivity index (χ0) is 12.3. The minimum Gasteiger partial charge on any atom is -0.384 e. The van der Waals surface area contributed by atoms with E-state index < -0.39 is 0 Å². The van der Waals surface area contributed by atoms with E-state index in [-0.39, 0.29) is 5.41 Å². The van der Waals surface area contributed by atoms with Crippen molar-refractivity contribution in [1.29, 1.82) is 0 Å². The number of benzene rings is 1. The van der Waals surface area contributed by atoms with Crippen LogP contribution >= 0.6 is 0 Å². The zero-order valence-electron chi connectivity index (χ0n) is 10.4. The zero-order valence-corrected chi connectivity index (χ0v) is 10.4. The Balaban J connectivity index is 2.42. The van der Waals surface area contributed by atoms with E-state index in [9.17, 15) is 0 Å². The van der Waals surface area contributed by atoms with Crippen LogP contribution < -0.4 is 0 Å². The largest absolute Gasteiger partial charge is 0.384 e. The van der Waals surface area contributed by atoms with Crippen molar-refractivity contribution in [3.8, 4) is 11.1 Å². The predicted octanol–water partition coefficient (Wildman–Crippen LogP) is 3.27. The number of methoxy groups -OCH3 is 1. The summed E-state index contributed by atoms with van der Waals surface area (Å²) < 4.78 is 10.4. The number of rotatable bonds is 4. The van der Waals surface area contributed by atoms with Gasteiger partial charge in [0.05, 0.1) is 12.3 Å². The summed E-state index contributed by atoms with van der Waals surface area (Å²) in [4.78, 5) is 0. The quantitative estimate of drug-likeness (QED) is 0.810. The normalized spacial score (nSPS) is 11.7. The molecule has 0 atom stereocenters. The molecule has 0 saturated heterocycles. The summed E-state index contributed by atoms with van der Waals surface area (Å²) in [5.74, 6) is 0. The van der Waals surface area contributed by atoms with Crippen molar-refractivity contribution < 1.29 is 9.26 Å². The standard InChI is InChI=1S/C14H17NO2/c1-14(2,10-16-3)13-12(9-17-15-13)11-7-5-4-6-8-11/h4-9H,10H2,1-3H3. The van der Waals surface area contributed by atoms with Crippen molar-refractivity contribution >= 4 is 0 Å². The molecular formula is C14H17NO2. The monoisotopic (exact) mass is 231 g/mol. The van der Waals surface area contributed by atoms with Crippen LogP contribution in [-0.4, -0.2) is 18.9 Å². The van der Waals surface area contributed by atoms with Crippen molar-refractivity contribution in [2.75, 3.05) is 13.7 Å². The Morgan fingerprint density at radius 1 is 1.24 bits per heavy atom. The summed E-state index contributed by atoms with van der Waals surface area (Å²) in [7, 11) is 1.70. The highest BCUT2D eigenvalue weighted by molar-refractivity contribution is 5.65. The molecular weight excluding hydrogens is 214 g/mol. The maximum atomic E-state index is 5.24. The summed E-state index contributed by atoms with van der Waals surface area (Å²) in [6, 6.07) is 10.1. The molecule has 0 radical (unpaired) electrons. The van der Waals surface area contributed by atoms with E-state index in [1.165, 1.54) is 0 Å². The van der Waals surface area contributed by atoms with E-state index in [1.807, 2.05) is 18.2 Å². The molecule has 0 aliphatic carbocycles. The van der Waals surface area contributed by atoms with Gasteiger partial charge in [-0.3, -0.25) is 0 Å². The van der Waals surface area contributed by atoms with Crippen LogP contribution in [0.1, 0.15) is 19.5 Å². The molecule has 90 valence electrons. The topological polar surface area (TPSA) is 35.3 Å². The molecule has 0 saturated carbocycles. The van der Waals surface area contributed by atoms with Gasteiger partial charge < -0.3 is 9.26 Å². The fourth-order valence-electron chi connectivity index (χ4n) is 1.98. The summed E-state index contributed by atoms with van der Waals surface area (Å²) in [6.07, 6.45) is 1.70. The van der Waals surface area contributed by atoms with Gasteiger partial charge in [0.25, 0.3) is 0 Å². The molecule has 17 heavy (non-hydrogen) atoms. The van der Waals surface area contributed by atoms with Gasteiger partial charge >= 0.3 is 0 Å². The number of hydrogen-bond acceptors (Lipinski definition) is 3. The minimum absolute atomic E-state index is 0.160. The van der Waals surface area contributed by atoms with Crippen LogP contribution in [0.2, 0.25) is 0 Å². The molecule has 0 spiro atoms. The first kappa shape index (κ1) is 11.9. The molecule has 0 amide bonds. The Hall–Kier alpha value is -1.61. The number of nitrogens with zero attached hydrogens (tertiary/aromatic N) is 1. The van der Waals surface area contributed by atoms with E-state index in [4.69, 9.17) is 9.26 Å². The van der Waals surface area contributed by atoms with Gasteiger partial charge in [0.15, 0.2) is 0 Å². The first-order valence-corrected chi connectivity index (χ1v) is 5.64. The van der Waals surface area contributed by atoms with Gasteiger partial charge in [0.1, 0.15) is 6.26 Å². The summed E-state index contributed by atoms with van der Waals surface area (Å²) in [5.41, 5.74) is 2.93. The van der Waals surface area contributed by atoms with Crippen molar-refractivity contribution in [2.24, 2.45) is 0 Å². The van der Waals surface area contributed by atoms with Crippen LogP contribution in [0.3, 0.4) is 0 Å². The number of aromatic nitrogens is 1. The minimum atomic E-state index is -0.160. The highest BCUT2D eigenvalue weighted by Gasteiger charge is 2.28. The summed E-state index contributed by atoms with van der Waals surface area (Å²) in [5, 5.41) is 4.13. The first-order chi connectivity index (χ1) is 8.15. The maximum absolute atomic E-state index is 5.24. The van der Waals surface area contributed by atoms with Gasteiger partial charge in [0, 0.05) is 18.1 Å². The molecule has 0 N–H and O–H groups in total. The Morgan fingerprint density at radius 3 is 2.59 bits per heavy atom. The number of hydrogen-bond donors (Lipinski definition) is 0. The second-order valence-corrected chi connectivity index (χ2v) is 4.76. The van der Waals surface area contributed by atoms with Gasteiger partial charge in [0.2, 0.25) is 0 Å². The van der Waals surface area contributed by atoms with Crippen LogP contribution in [0.25, 0.3) is 11.1 Å². The van der Waals surface area contributed by atoms with Crippen LogP contribution in [0.4, 0.5) is 0 Å². The second-order valence-electron chi connectivity index (χ2n) is 4.76. The average molecular weight is 231 g/mol. The third-order valence-electron chi connectivity index (χ3n) is 2.80. The fraction of sp³-hybridized carbons (Fsp3) is 0.357. The third-order valence-corrected chi connectivity index (χ3v) is 2.80. The molecule has 3 heteroatoms. The van der Waals surface area contributed by atoms with E-state index in [0.717, 1.165) is 16.8 Å². The van der Waals surface area contributed by atoms with Crippen LogP contribution in [0, 0.1) is 0 Å². The van der Waals surface area contributed by atoms with E-state index in [2.05, 4.69) is 31.1 Å². The highest BCUT2D eigenvalue weighted by Crippen LogP contribution is 2.32. The lowest BCUT2D eigenvalue weighted by Gasteiger charge is -2.21. The van der Waals surface area contributed by atoms with Gasteiger partial charge in [-0.15, -0.1) is 0 Å². The average Bonchev–Trinajstić information content (AvgIpc) is 2.79. The summed E-state index contributed by atoms with van der Waals surface area (Å²) >= 11 is 0. The van der Waals surface area contributed by atoms with Gasteiger partial charge in [-0.25, -0.2) is 0 Å². The molecule has 0 unspecified atom stereocenters. The van der Waals surface area contributed by atoms with Crippen molar-refractivity contribution in [2.45, 2.75) is 19.3 Å². The highest BCUT2D eigenvalue weighted by atomic mass is 16.5. The molecule has 1 heterocycles. The summed E-state index contributed by atoms with van der Waals surface area (Å²) in [6.45, 7) is 4.81. The van der Waals surface area contributed by atoms with Gasteiger partial charge in [-0.1, -0.05) is 49.3 Å². The van der Waals surface area contributed by atoms with Crippen molar-refractivity contribution in [3.05, 3.63) is 42.3 Å². The lowest BCUT2D eigenvalue weighted by molar-refractivity contribution is 0.142. The Bertz CT molecular complexity index is 474. The molecule has 2 aromatic rings. The SMILES string of the molecule is COCC(C)(C)c1nocc1-c1ccccc1. The fourth-order valence-corrected chi connectivity index (χ4v) is 1.98. The molecule has 0 aliphatic rings. The van der Waals surface area contributed by atoms with Gasteiger partial charge in [-0.05, 0) is 5.56 Å². The Labute approximate surface area is 101 Å². The smallest absolute Gasteiger partial charge is 0.131 e. The molecule has 2 rings (SSSR count). The van der Waals surface area contributed by atoms with E-state index >= 15 is 0 Å². The molecule has 0 bridgehead atoms. The van der Waals surface area contributed by atoms with Crippen LogP contribution in [0.5, 0.6) is 0 Å². The lowest BCUT2D eigenvalue weighted by Crippen LogP contribution is -2.24. The number of ether oxygens (including phenoxy) is 1. The Kier molecular flexibility index (Phi) is 3.29. The lowest BCUT2D eigenvalue weighted by atomic mass is 9.86. The Morgan fingerprint density at radius 2 is 1.94 bits per heavy atom. The van der Waals surface area contributed by atoms with E-state index in [1.54, 1.807) is 13.4 Å². The maximum Gasteiger partial charge on any atom is 0.131 e. The molecule has 1 aromatic carbocycles. The van der Waals surface area contributed by atoms with Gasteiger partial charge in [-0.2, -0.15) is 0 Å². The molecule has 0 aliphatic heterocycles. The second kappa shape index (κ2) is 4.72. The van der Waals surface area contributed by atoms with Crippen LogP contribution in [-0.2, 0) is 10.2 Å².